The molecule has 2 aromatic heterocycles. The Kier molecular flexibility index (Phi) is 3.79. The summed E-state index contributed by atoms with van der Waals surface area (Å²) in [5.74, 6) is 1.78. The van der Waals surface area contributed by atoms with E-state index in [4.69, 9.17) is 4.98 Å². The highest BCUT2D eigenvalue weighted by atomic mass is 16.2. The van der Waals surface area contributed by atoms with Gasteiger partial charge in [-0.1, -0.05) is 13.3 Å². The van der Waals surface area contributed by atoms with Crippen molar-refractivity contribution in [1.82, 2.24) is 19.4 Å². The van der Waals surface area contributed by atoms with Crippen molar-refractivity contribution in [2.45, 2.75) is 51.5 Å². The molecule has 23 heavy (non-hydrogen) atoms. The number of amides is 1. The number of imidazole rings is 1. The largest absolute Gasteiger partial charge is 0.340 e. The van der Waals surface area contributed by atoms with Crippen molar-refractivity contribution >= 4 is 17.1 Å². The van der Waals surface area contributed by atoms with Crippen molar-refractivity contribution in [2.24, 2.45) is 5.92 Å². The van der Waals surface area contributed by atoms with Gasteiger partial charge in [-0.25, -0.2) is 9.97 Å². The number of aromatic nitrogens is 3. The van der Waals surface area contributed by atoms with Gasteiger partial charge in [0.2, 0.25) is 5.91 Å². The molecule has 0 aromatic carbocycles. The molecule has 0 radical (unpaired) electrons. The van der Waals surface area contributed by atoms with Crippen molar-refractivity contribution in [1.29, 1.82) is 0 Å². The van der Waals surface area contributed by atoms with Crippen LogP contribution in [0.4, 0.5) is 0 Å². The van der Waals surface area contributed by atoms with Gasteiger partial charge in [-0.15, -0.1) is 0 Å². The minimum atomic E-state index is 0.293. The fourth-order valence-electron chi connectivity index (χ4n) is 3.83. The number of fused-ring (bicyclic) bond motifs is 1. The third kappa shape index (κ3) is 2.52. The molecule has 1 unspecified atom stereocenters. The Labute approximate surface area is 136 Å². The minimum absolute atomic E-state index is 0.293. The van der Waals surface area contributed by atoms with Crippen LogP contribution in [0.1, 0.15) is 50.9 Å². The third-order valence-electron chi connectivity index (χ3n) is 5.29. The lowest BCUT2D eigenvalue weighted by Crippen LogP contribution is -2.37. The monoisotopic (exact) mass is 312 g/mol. The summed E-state index contributed by atoms with van der Waals surface area (Å²) in [6.07, 6.45) is 8.25. The van der Waals surface area contributed by atoms with Crippen LogP contribution in [-0.4, -0.2) is 38.4 Å². The summed E-state index contributed by atoms with van der Waals surface area (Å²) in [5, 5.41) is 0. The van der Waals surface area contributed by atoms with Gasteiger partial charge in [0.25, 0.3) is 0 Å². The highest BCUT2D eigenvalue weighted by Gasteiger charge is 2.35. The standard InChI is InChI=1S/C18H24N4O/c1-2-5-16-20-15-8-4-10-19-17(15)22(16)14-9-11-21(12-14)18(23)13-6-3-7-13/h4,8,10,13-14H,2-3,5-7,9,11-12H2,1H3. The Morgan fingerprint density at radius 1 is 1.35 bits per heavy atom. The van der Waals surface area contributed by atoms with Gasteiger partial charge < -0.3 is 9.47 Å². The topological polar surface area (TPSA) is 51.0 Å². The van der Waals surface area contributed by atoms with Gasteiger partial charge in [0.15, 0.2) is 5.65 Å². The molecule has 1 saturated heterocycles. The summed E-state index contributed by atoms with van der Waals surface area (Å²) in [6, 6.07) is 4.29. The average Bonchev–Trinajstić information content (AvgIpc) is 3.09. The lowest BCUT2D eigenvalue weighted by molar-refractivity contribution is -0.137. The van der Waals surface area contributed by atoms with Gasteiger partial charge in [0, 0.05) is 31.6 Å². The van der Waals surface area contributed by atoms with Crippen LogP contribution in [0, 0.1) is 5.92 Å². The molecule has 1 saturated carbocycles. The van der Waals surface area contributed by atoms with Crippen LogP contribution in [0.25, 0.3) is 11.2 Å². The van der Waals surface area contributed by atoms with Crippen LogP contribution in [0.5, 0.6) is 0 Å². The van der Waals surface area contributed by atoms with Crippen LogP contribution in [0.3, 0.4) is 0 Å². The Bertz CT molecular complexity index is 719. The first kappa shape index (κ1) is 14.7. The van der Waals surface area contributed by atoms with E-state index in [0.717, 1.165) is 62.2 Å². The number of hydrogen-bond donors (Lipinski definition) is 0. The van der Waals surface area contributed by atoms with Crippen LogP contribution in [-0.2, 0) is 11.2 Å². The summed E-state index contributed by atoms with van der Waals surface area (Å²) in [7, 11) is 0. The maximum absolute atomic E-state index is 12.5. The van der Waals surface area contributed by atoms with E-state index in [1.54, 1.807) is 0 Å². The molecule has 0 bridgehead atoms. The molecule has 1 aliphatic carbocycles. The molecule has 1 aliphatic heterocycles. The van der Waals surface area contributed by atoms with Gasteiger partial charge >= 0.3 is 0 Å². The molecular formula is C18H24N4O. The number of carbonyl (C=O) groups is 1. The second kappa shape index (κ2) is 5.95. The first-order valence-electron chi connectivity index (χ1n) is 8.88. The molecule has 2 aromatic rings. The van der Waals surface area contributed by atoms with Gasteiger partial charge in [0.05, 0.1) is 6.04 Å². The second-order valence-corrected chi connectivity index (χ2v) is 6.85. The van der Waals surface area contributed by atoms with Crippen LogP contribution in [0.15, 0.2) is 18.3 Å². The van der Waals surface area contributed by atoms with E-state index >= 15 is 0 Å². The summed E-state index contributed by atoms with van der Waals surface area (Å²) >= 11 is 0. The third-order valence-corrected chi connectivity index (χ3v) is 5.29. The lowest BCUT2D eigenvalue weighted by Gasteiger charge is -2.29. The predicted octanol–water partition coefficient (Wildman–Crippen LogP) is 2.96. The highest BCUT2D eigenvalue weighted by molar-refractivity contribution is 5.80. The molecule has 2 aliphatic rings. The van der Waals surface area contributed by atoms with Crippen molar-refractivity contribution in [3.63, 3.8) is 0 Å². The van der Waals surface area contributed by atoms with Gasteiger partial charge in [-0.05, 0) is 37.8 Å². The molecule has 0 spiro atoms. The van der Waals surface area contributed by atoms with Crippen LogP contribution < -0.4 is 0 Å². The number of likely N-dealkylation sites (tertiary alicyclic amines) is 1. The number of aryl methyl sites for hydroxylation is 1. The number of rotatable bonds is 4. The van der Waals surface area contributed by atoms with E-state index in [2.05, 4.69) is 21.4 Å². The lowest BCUT2D eigenvalue weighted by atomic mass is 9.84. The molecule has 122 valence electrons. The maximum atomic E-state index is 12.5. The number of nitrogens with zero attached hydrogens (tertiary/aromatic N) is 4. The smallest absolute Gasteiger partial charge is 0.225 e. The molecule has 2 fully saturated rings. The van der Waals surface area contributed by atoms with Crippen molar-refractivity contribution in [3.05, 3.63) is 24.2 Å². The summed E-state index contributed by atoms with van der Waals surface area (Å²) in [6.45, 7) is 3.87. The van der Waals surface area contributed by atoms with Gasteiger partial charge in [-0.2, -0.15) is 0 Å². The molecule has 3 heterocycles. The Morgan fingerprint density at radius 2 is 2.22 bits per heavy atom. The molecule has 4 rings (SSSR count). The normalized spacial score (nSPS) is 21.8. The van der Waals surface area contributed by atoms with E-state index < -0.39 is 0 Å². The van der Waals surface area contributed by atoms with E-state index in [-0.39, 0.29) is 0 Å². The Hall–Kier alpha value is -1.91. The quantitative estimate of drug-likeness (QED) is 0.872. The van der Waals surface area contributed by atoms with Gasteiger partial charge in [-0.3, -0.25) is 4.79 Å². The van der Waals surface area contributed by atoms with E-state index in [1.165, 1.54) is 6.42 Å². The summed E-state index contributed by atoms with van der Waals surface area (Å²) in [5.41, 5.74) is 1.94. The van der Waals surface area contributed by atoms with Crippen molar-refractivity contribution < 1.29 is 4.79 Å². The Balaban J connectivity index is 1.61. The fraction of sp³-hybridized carbons (Fsp3) is 0.611. The fourth-order valence-corrected chi connectivity index (χ4v) is 3.83. The number of hydrogen-bond acceptors (Lipinski definition) is 3. The van der Waals surface area contributed by atoms with Gasteiger partial charge in [0.1, 0.15) is 11.3 Å². The van der Waals surface area contributed by atoms with E-state index in [1.807, 2.05) is 18.3 Å². The van der Waals surface area contributed by atoms with Crippen LogP contribution >= 0.6 is 0 Å². The molecule has 5 heteroatoms. The molecule has 1 amide bonds. The zero-order chi connectivity index (χ0) is 15.8. The summed E-state index contributed by atoms with van der Waals surface area (Å²) in [4.78, 5) is 23.9. The molecule has 1 atom stereocenters. The Morgan fingerprint density at radius 3 is 2.96 bits per heavy atom. The zero-order valence-electron chi connectivity index (χ0n) is 13.7. The highest BCUT2D eigenvalue weighted by Crippen LogP contribution is 2.33. The first-order chi connectivity index (χ1) is 11.3. The van der Waals surface area contributed by atoms with Crippen LogP contribution in [0.2, 0.25) is 0 Å². The van der Waals surface area contributed by atoms with E-state index in [9.17, 15) is 4.79 Å². The van der Waals surface area contributed by atoms with Crippen molar-refractivity contribution in [3.8, 4) is 0 Å². The number of carbonyl (C=O) groups excluding carboxylic acids is 1. The molecule has 0 N–H and O–H groups in total. The second-order valence-electron chi connectivity index (χ2n) is 6.85. The zero-order valence-corrected chi connectivity index (χ0v) is 13.7. The first-order valence-corrected chi connectivity index (χ1v) is 8.88. The SMILES string of the molecule is CCCc1nc2cccnc2n1C1CCN(C(=O)C2CCC2)C1. The van der Waals surface area contributed by atoms with Crippen molar-refractivity contribution in [2.75, 3.05) is 13.1 Å². The number of pyridine rings is 1. The predicted molar refractivity (Wildman–Crippen MR) is 89.1 cm³/mol. The molecular weight excluding hydrogens is 288 g/mol. The maximum Gasteiger partial charge on any atom is 0.225 e. The average molecular weight is 312 g/mol. The minimum Gasteiger partial charge on any atom is -0.340 e. The van der Waals surface area contributed by atoms with E-state index in [0.29, 0.717) is 17.9 Å². The molecule has 5 nitrogen and oxygen atoms in total. The summed E-state index contributed by atoms with van der Waals surface area (Å²) < 4.78 is 2.30.